The zero-order chi connectivity index (χ0) is 18.1. The standard InChI is InChI=1S/C18H19N3O4S/c1-26(22,23)12-14-11-17(21-6-8-24-9-7-21)20-18(19-14)16-10-13-4-2-3-5-15(13)25-16/h2-5,10-11H,6-9,12H2,1H3. The lowest BCUT2D eigenvalue weighted by molar-refractivity contribution is 0.122. The first kappa shape index (κ1) is 17.0. The second-order valence-corrected chi connectivity index (χ2v) is 8.50. The van der Waals surface area contributed by atoms with Crippen molar-refractivity contribution >= 4 is 26.6 Å². The molecule has 0 saturated carbocycles. The molecule has 1 aromatic carbocycles. The first-order valence-corrected chi connectivity index (χ1v) is 10.4. The molecule has 2 aromatic heterocycles. The van der Waals surface area contributed by atoms with Gasteiger partial charge in [-0.3, -0.25) is 0 Å². The summed E-state index contributed by atoms with van der Waals surface area (Å²) in [6.45, 7) is 2.64. The van der Waals surface area contributed by atoms with E-state index < -0.39 is 9.84 Å². The molecule has 0 N–H and O–H groups in total. The lowest BCUT2D eigenvalue weighted by atomic mass is 10.2. The molecule has 136 valence electrons. The maximum atomic E-state index is 11.8. The summed E-state index contributed by atoms with van der Waals surface area (Å²) >= 11 is 0. The zero-order valence-corrected chi connectivity index (χ0v) is 15.2. The number of para-hydroxylation sites is 1. The van der Waals surface area contributed by atoms with Gasteiger partial charge in [-0.1, -0.05) is 18.2 Å². The van der Waals surface area contributed by atoms with Crippen LogP contribution in [0.5, 0.6) is 0 Å². The van der Waals surface area contributed by atoms with Gasteiger partial charge in [0.25, 0.3) is 0 Å². The van der Waals surface area contributed by atoms with Crippen LogP contribution in [0, 0.1) is 0 Å². The van der Waals surface area contributed by atoms with Gasteiger partial charge >= 0.3 is 0 Å². The van der Waals surface area contributed by atoms with Crippen molar-refractivity contribution in [2.75, 3.05) is 37.5 Å². The average molecular weight is 373 g/mol. The molecule has 0 atom stereocenters. The van der Waals surface area contributed by atoms with E-state index in [0.29, 0.717) is 49.4 Å². The minimum atomic E-state index is -3.21. The highest BCUT2D eigenvalue weighted by atomic mass is 32.2. The fraction of sp³-hybridized carbons (Fsp3) is 0.333. The Morgan fingerprint density at radius 2 is 1.88 bits per heavy atom. The third-order valence-electron chi connectivity index (χ3n) is 4.16. The van der Waals surface area contributed by atoms with E-state index in [1.807, 2.05) is 30.3 Å². The van der Waals surface area contributed by atoms with Gasteiger partial charge in [0.05, 0.1) is 24.7 Å². The van der Waals surface area contributed by atoms with Crippen molar-refractivity contribution in [2.24, 2.45) is 0 Å². The predicted octanol–water partition coefficient (Wildman–Crippen LogP) is 2.27. The van der Waals surface area contributed by atoms with Gasteiger partial charge in [0.15, 0.2) is 21.4 Å². The van der Waals surface area contributed by atoms with Gasteiger partial charge < -0.3 is 14.1 Å². The minimum absolute atomic E-state index is 0.139. The first-order valence-electron chi connectivity index (χ1n) is 8.35. The minimum Gasteiger partial charge on any atom is -0.453 e. The Morgan fingerprint density at radius 1 is 1.12 bits per heavy atom. The third-order valence-corrected chi connectivity index (χ3v) is 4.98. The molecule has 0 bridgehead atoms. The fourth-order valence-corrected chi connectivity index (χ4v) is 3.67. The molecule has 1 aliphatic rings. The molecule has 7 nitrogen and oxygen atoms in total. The van der Waals surface area contributed by atoms with E-state index in [-0.39, 0.29) is 5.75 Å². The Balaban J connectivity index is 1.80. The molecule has 4 rings (SSSR count). The van der Waals surface area contributed by atoms with Gasteiger partial charge in [0.2, 0.25) is 0 Å². The third kappa shape index (κ3) is 3.71. The van der Waals surface area contributed by atoms with Crippen LogP contribution < -0.4 is 4.90 Å². The van der Waals surface area contributed by atoms with Crippen molar-refractivity contribution in [3.63, 3.8) is 0 Å². The van der Waals surface area contributed by atoms with E-state index in [1.165, 1.54) is 6.26 Å². The van der Waals surface area contributed by atoms with Crippen LogP contribution in [-0.4, -0.2) is 50.9 Å². The van der Waals surface area contributed by atoms with Crippen LogP contribution in [0.4, 0.5) is 5.82 Å². The number of fused-ring (bicyclic) bond motifs is 1. The number of benzene rings is 1. The lowest BCUT2D eigenvalue weighted by Gasteiger charge is -2.28. The number of ether oxygens (including phenoxy) is 1. The molecule has 3 aromatic rings. The molecule has 3 heterocycles. The summed E-state index contributed by atoms with van der Waals surface area (Å²) in [5.74, 6) is 1.47. The number of sulfone groups is 1. The van der Waals surface area contributed by atoms with Crippen LogP contribution in [0.15, 0.2) is 40.8 Å². The van der Waals surface area contributed by atoms with Gasteiger partial charge in [-0.05, 0) is 12.1 Å². The van der Waals surface area contributed by atoms with E-state index in [0.717, 1.165) is 11.0 Å². The molecule has 0 radical (unpaired) electrons. The van der Waals surface area contributed by atoms with Crippen LogP contribution in [0.25, 0.3) is 22.6 Å². The Labute approximate surface area is 151 Å². The number of anilines is 1. The summed E-state index contributed by atoms with van der Waals surface area (Å²) in [4.78, 5) is 11.1. The van der Waals surface area contributed by atoms with Crippen LogP contribution >= 0.6 is 0 Å². The Kier molecular flexibility index (Phi) is 4.37. The maximum Gasteiger partial charge on any atom is 0.197 e. The summed E-state index contributed by atoms with van der Waals surface area (Å²) in [5.41, 5.74) is 1.20. The number of aromatic nitrogens is 2. The van der Waals surface area contributed by atoms with Gasteiger partial charge in [0.1, 0.15) is 11.4 Å². The Bertz CT molecular complexity index is 1010. The highest BCUT2D eigenvalue weighted by molar-refractivity contribution is 7.89. The largest absolute Gasteiger partial charge is 0.453 e. The number of hydrogen-bond donors (Lipinski definition) is 0. The number of nitrogens with zero attached hydrogens (tertiary/aromatic N) is 3. The highest BCUT2D eigenvalue weighted by Crippen LogP contribution is 2.27. The Hall–Kier alpha value is -2.45. The van der Waals surface area contributed by atoms with Crippen molar-refractivity contribution < 1.29 is 17.6 Å². The van der Waals surface area contributed by atoms with E-state index in [1.54, 1.807) is 6.07 Å². The topological polar surface area (TPSA) is 85.5 Å². The smallest absolute Gasteiger partial charge is 0.197 e. The van der Waals surface area contributed by atoms with Crippen LogP contribution in [0.3, 0.4) is 0 Å². The van der Waals surface area contributed by atoms with Crippen molar-refractivity contribution in [3.8, 4) is 11.6 Å². The van der Waals surface area contributed by atoms with E-state index in [2.05, 4.69) is 14.9 Å². The summed E-state index contributed by atoms with van der Waals surface area (Å²) in [5, 5.41) is 0.951. The number of hydrogen-bond acceptors (Lipinski definition) is 7. The second-order valence-electron chi connectivity index (χ2n) is 6.36. The SMILES string of the molecule is CS(=O)(=O)Cc1cc(N2CCOCC2)nc(-c2cc3ccccc3o2)n1. The van der Waals surface area contributed by atoms with Crippen molar-refractivity contribution in [1.29, 1.82) is 0 Å². The fourth-order valence-electron chi connectivity index (χ4n) is 2.98. The van der Waals surface area contributed by atoms with Gasteiger partial charge in [-0.15, -0.1) is 0 Å². The second kappa shape index (κ2) is 6.69. The predicted molar refractivity (Wildman–Crippen MR) is 98.8 cm³/mol. The molecule has 26 heavy (non-hydrogen) atoms. The normalized spacial score (nSPS) is 15.5. The van der Waals surface area contributed by atoms with E-state index in [4.69, 9.17) is 9.15 Å². The first-order chi connectivity index (χ1) is 12.5. The van der Waals surface area contributed by atoms with Crippen molar-refractivity contribution in [2.45, 2.75) is 5.75 Å². The number of furan rings is 1. The van der Waals surface area contributed by atoms with Gasteiger partial charge in [-0.25, -0.2) is 18.4 Å². The molecule has 0 aliphatic carbocycles. The molecule has 8 heteroatoms. The molecular formula is C18H19N3O4S. The molecule has 1 aliphatic heterocycles. The van der Waals surface area contributed by atoms with Crippen LogP contribution in [-0.2, 0) is 20.3 Å². The summed E-state index contributed by atoms with van der Waals surface area (Å²) in [6, 6.07) is 11.3. The summed E-state index contributed by atoms with van der Waals surface area (Å²) in [7, 11) is -3.21. The molecule has 1 saturated heterocycles. The van der Waals surface area contributed by atoms with Crippen LogP contribution in [0.1, 0.15) is 5.69 Å². The van der Waals surface area contributed by atoms with Crippen LogP contribution in [0.2, 0.25) is 0 Å². The van der Waals surface area contributed by atoms with E-state index in [9.17, 15) is 8.42 Å². The number of rotatable bonds is 4. The molecule has 0 unspecified atom stereocenters. The molecule has 0 amide bonds. The van der Waals surface area contributed by atoms with Gasteiger partial charge in [-0.2, -0.15) is 0 Å². The zero-order valence-electron chi connectivity index (χ0n) is 14.4. The maximum absolute atomic E-state index is 11.8. The molecular weight excluding hydrogens is 354 g/mol. The monoisotopic (exact) mass is 373 g/mol. The average Bonchev–Trinajstić information content (AvgIpc) is 3.05. The lowest BCUT2D eigenvalue weighted by Crippen LogP contribution is -2.37. The van der Waals surface area contributed by atoms with E-state index >= 15 is 0 Å². The highest BCUT2D eigenvalue weighted by Gasteiger charge is 2.19. The summed E-state index contributed by atoms with van der Waals surface area (Å²) in [6.07, 6.45) is 1.20. The van der Waals surface area contributed by atoms with Crippen molar-refractivity contribution in [1.82, 2.24) is 9.97 Å². The quantitative estimate of drug-likeness (QED) is 0.693. The molecule has 1 fully saturated rings. The Morgan fingerprint density at radius 3 is 2.62 bits per heavy atom. The van der Waals surface area contributed by atoms with Crippen molar-refractivity contribution in [3.05, 3.63) is 42.1 Å². The number of morpholine rings is 1. The van der Waals surface area contributed by atoms with Gasteiger partial charge in [0, 0.05) is 30.8 Å². The molecule has 0 spiro atoms. The summed E-state index contributed by atoms with van der Waals surface area (Å²) < 4.78 is 34.8.